The number of rotatable bonds is 5. The highest BCUT2D eigenvalue weighted by atomic mass is 16.5. The zero-order valence-electron chi connectivity index (χ0n) is 13.9. The number of benzene rings is 1. The molecule has 0 aliphatic carbocycles. The highest BCUT2D eigenvalue weighted by Crippen LogP contribution is 2.22. The summed E-state index contributed by atoms with van der Waals surface area (Å²) in [6.45, 7) is 5.78. The first-order valence-electron chi connectivity index (χ1n) is 7.98. The van der Waals surface area contributed by atoms with E-state index in [1.807, 2.05) is 26.0 Å². The number of aromatic nitrogens is 2. The Morgan fingerprint density at radius 1 is 1.33 bits per heavy atom. The van der Waals surface area contributed by atoms with Gasteiger partial charge in [0.1, 0.15) is 11.8 Å². The molecule has 1 aromatic carbocycles. The Bertz CT molecular complexity index is 667. The van der Waals surface area contributed by atoms with Crippen molar-refractivity contribution in [2.24, 2.45) is 0 Å². The maximum Gasteiger partial charge on any atom is 0.226 e. The van der Waals surface area contributed by atoms with E-state index in [-0.39, 0.29) is 11.9 Å². The van der Waals surface area contributed by atoms with Crippen LogP contribution in [-0.4, -0.2) is 47.3 Å². The summed E-state index contributed by atoms with van der Waals surface area (Å²) < 4.78 is 15.9. The number of morpholine rings is 1. The Morgan fingerprint density at radius 2 is 2.12 bits per heavy atom. The molecule has 24 heavy (non-hydrogen) atoms. The van der Waals surface area contributed by atoms with Gasteiger partial charge >= 0.3 is 0 Å². The molecule has 7 heteroatoms. The molecule has 1 atom stereocenters. The van der Waals surface area contributed by atoms with Gasteiger partial charge in [-0.1, -0.05) is 11.2 Å². The fourth-order valence-corrected chi connectivity index (χ4v) is 2.86. The first kappa shape index (κ1) is 16.4. The predicted molar refractivity (Wildman–Crippen MR) is 85.6 cm³/mol. The van der Waals surface area contributed by atoms with Crippen LogP contribution in [0.3, 0.4) is 0 Å². The lowest BCUT2D eigenvalue weighted by atomic mass is 10.1. The number of aryl methyl sites for hydroxylation is 2. The molecule has 2 heterocycles. The fraction of sp³-hybridized carbons (Fsp3) is 0.471. The molecular formula is C17H21N3O4. The van der Waals surface area contributed by atoms with Gasteiger partial charge in [-0.05, 0) is 37.1 Å². The van der Waals surface area contributed by atoms with E-state index < -0.39 is 0 Å². The van der Waals surface area contributed by atoms with Crippen LogP contribution in [0.15, 0.2) is 29.1 Å². The molecule has 0 spiro atoms. The molecule has 1 fully saturated rings. The second-order valence-corrected chi connectivity index (χ2v) is 5.89. The van der Waals surface area contributed by atoms with Crippen LogP contribution in [0, 0.1) is 13.8 Å². The zero-order valence-corrected chi connectivity index (χ0v) is 13.9. The highest BCUT2D eigenvalue weighted by Gasteiger charge is 2.31. The van der Waals surface area contributed by atoms with E-state index >= 15 is 0 Å². The third-order valence-electron chi connectivity index (χ3n) is 3.91. The van der Waals surface area contributed by atoms with Gasteiger partial charge in [0.15, 0.2) is 5.82 Å². The Morgan fingerprint density at radius 3 is 2.83 bits per heavy atom. The summed E-state index contributed by atoms with van der Waals surface area (Å²) in [6.07, 6.45) is 1.55. The smallest absolute Gasteiger partial charge is 0.226 e. The van der Waals surface area contributed by atoms with Gasteiger partial charge in [0.2, 0.25) is 12.3 Å². The van der Waals surface area contributed by atoms with Crippen LogP contribution < -0.4 is 4.74 Å². The molecule has 0 saturated carbocycles. The van der Waals surface area contributed by atoms with Gasteiger partial charge in [0, 0.05) is 6.54 Å². The largest absolute Gasteiger partial charge is 0.493 e. The summed E-state index contributed by atoms with van der Waals surface area (Å²) in [6, 6.07) is 5.72. The van der Waals surface area contributed by atoms with Gasteiger partial charge in [-0.15, -0.1) is 0 Å². The number of amides is 1. The molecule has 0 radical (unpaired) electrons. The second-order valence-electron chi connectivity index (χ2n) is 5.89. The zero-order chi connectivity index (χ0) is 16.9. The minimum absolute atomic E-state index is 0.00234. The Balaban J connectivity index is 1.57. The second kappa shape index (κ2) is 7.44. The molecule has 1 aliphatic heterocycles. The predicted octanol–water partition coefficient (Wildman–Crippen LogP) is 2.06. The molecule has 1 amide bonds. The van der Waals surface area contributed by atoms with Crippen LogP contribution in [0.5, 0.6) is 5.75 Å². The van der Waals surface area contributed by atoms with E-state index in [9.17, 15) is 4.79 Å². The molecule has 1 aromatic heterocycles. The molecular weight excluding hydrogens is 310 g/mol. The van der Waals surface area contributed by atoms with Crippen molar-refractivity contribution in [3.63, 3.8) is 0 Å². The quantitative estimate of drug-likeness (QED) is 0.834. The molecule has 1 saturated heterocycles. The first-order chi connectivity index (χ1) is 11.6. The van der Waals surface area contributed by atoms with Gasteiger partial charge in [0.05, 0.1) is 26.2 Å². The third-order valence-corrected chi connectivity index (χ3v) is 3.91. The molecule has 7 nitrogen and oxygen atoms in total. The maximum absolute atomic E-state index is 12.5. The standard InChI is InChI=1S/C17H21N3O4/c1-12-7-13(2)9-14(8-12)23-5-3-16(21)20-4-6-22-10-15(20)17-18-11-24-19-17/h7-9,11,15H,3-6,10H2,1-2H3/t15-/m1/s1. The number of carbonyl (C=O) groups is 1. The number of hydrogen-bond donors (Lipinski definition) is 0. The summed E-state index contributed by atoms with van der Waals surface area (Å²) in [7, 11) is 0. The summed E-state index contributed by atoms with van der Waals surface area (Å²) in [5.74, 6) is 1.26. The van der Waals surface area contributed by atoms with Gasteiger partial charge in [-0.25, -0.2) is 0 Å². The Hall–Kier alpha value is -2.41. The molecule has 0 N–H and O–H groups in total. The normalized spacial score (nSPS) is 17.8. The number of nitrogens with zero attached hydrogens (tertiary/aromatic N) is 3. The van der Waals surface area contributed by atoms with Crippen molar-refractivity contribution in [3.05, 3.63) is 41.5 Å². The van der Waals surface area contributed by atoms with E-state index in [2.05, 4.69) is 16.2 Å². The van der Waals surface area contributed by atoms with E-state index in [0.29, 0.717) is 38.6 Å². The first-order valence-corrected chi connectivity index (χ1v) is 7.98. The molecule has 1 aliphatic rings. The lowest BCUT2D eigenvalue weighted by Crippen LogP contribution is -2.44. The van der Waals surface area contributed by atoms with E-state index in [4.69, 9.17) is 14.0 Å². The van der Waals surface area contributed by atoms with Crippen LogP contribution in [0.25, 0.3) is 0 Å². The number of carbonyl (C=O) groups excluding carboxylic acids is 1. The fourth-order valence-electron chi connectivity index (χ4n) is 2.86. The van der Waals surface area contributed by atoms with Crippen molar-refractivity contribution in [2.45, 2.75) is 26.3 Å². The van der Waals surface area contributed by atoms with Crippen molar-refractivity contribution in [1.82, 2.24) is 15.0 Å². The van der Waals surface area contributed by atoms with E-state index in [1.54, 1.807) is 4.90 Å². The van der Waals surface area contributed by atoms with Crippen molar-refractivity contribution in [1.29, 1.82) is 0 Å². The molecule has 0 unspecified atom stereocenters. The Labute approximate surface area is 140 Å². The minimum atomic E-state index is -0.300. The molecule has 128 valence electrons. The lowest BCUT2D eigenvalue weighted by Gasteiger charge is -2.33. The van der Waals surface area contributed by atoms with Crippen LogP contribution >= 0.6 is 0 Å². The van der Waals surface area contributed by atoms with Gasteiger partial charge in [0.25, 0.3) is 0 Å². The van der Waals surface area contributed by atoms with Gasteiger partial charge < -0.3 is 18.9 Å². The average molecular weight is 331 g/mol. The topological polar surface area (TPSA) is 77.7 Å². The van der Waals surface area contributed by atoms with E-state index in [0.717, 1.165) is 16.9 Å². The van der Waals surface area contributed by atoms with Crippen molar-refractivity contribution in [3.8, 4) is 5.75 Å². The summed E-state index contributed by atoms with van der Waals surface area (Å²) in [5.41, 5.74) is 2.28. The van der Waals surface area contributed by atoms with Crippen LogP contribution in [0.4, 0.5) is 0 Å². The summed E-state index contributed by atoms with van der Waals surface area (Å²) in [4.78, 5) is 18.3. The van der Waals surface area contributed by atoms with Crippen molar-refractivity contribution >= 4 is 5.91 Å². The molecule has 3 rings (SSSR count). The highest BCUT2D eigenvalue weighted by molar-refractivity contribution is 5.76. The van der Waals surface area contributed by atoms with Gasteiger partial charge in [-0.3, -0.25) is 4.79 Å². The van der Waals surface area contributed by atoms with Crippen LogP contribution in [0.2, 0.25) is 0 Å². The summed E-state index contributed by atoms with van der Waals surface area (Å²) >= 11 is 0. The maximum atomic E-state index is 12.5. The number of ether oxygens (including phenoxy) is 2. The minimum Gasteiger partial charge on any atom is -0.493 e. The lowest BCUT2D eigenvalue weighted by molar-refractivity contribution is -0.141. The average Bonchev–Trinajstić information content (AvgIpc) is 3.08. The van der Waals surface area contributed by atoms with Crippen molar-refractivity contribution in [2.75, 3.05) is 26.4 Å². The Kier molecular flexibility index (Phi) is 5.10. The number of hydrogen-bond acceptors (Lipinski definition) is 6. The van der Waals surface area contributed by atoms with E-state index in [1.165, 1.54) is 6.39 Å². The third kappa shape index (κ3) is 3.91. The molecule has 0 bridgehead atoms. The van der Waals surface area contributed by atoms with Crippen molar-refractivity contribution < 1.29 is 18.8 Å². The van der Waals surface area contributed by atoms with Crippen LogP contribution in [0.1, 0.15) is 29.4 Å². The monoisotopic (exact) mass is 331 g/mol. The summed E-state index contributed by atoms with van der Waals surface area (Å²) in [5, 5.41) is 3.83. The van der Waals surface area contributed by atoms with Gasteiger partial charge in [-0.2, -0.15) is 4.98 Å². The van der Waals surface area contributed by atoms with Crippen LogP contribution in [-0.2, 0) is 9.53 Å². The molecule has 2 aromatic rings. The SMILES string of the molecule is Cc1cc(C)cc(OCCC(=O)N2CCOC[C@@H]2c2ncon2)c1.